The molecule has 2 rings (SSSR count). The van der Waals surface area contributed by atoms with Crippen LogP contribution in [0.3, 0.4) is 0 Å². The van der Waals surface area contributed by atoms with Gasteiger partial charge in [-0.25, -0.2) is 4.79 Å². The summed E-state index contributed by atoms with van der Waals surface area (Å²) in [5.41, 5.74) is 1.08. The van der Waals surface area contributed by atoms with Gasteiger partial charge in [0, 0.05) is 13.8 Å². The van der Waals surface area contributed by atoms with Crippen LogP contribution in [-0.4, -0.2) is 23.3 Å². The van der Waals surface area contributed by atoms with Crippen molar-refractivity contribution in [2.75, 3.05) is 0 Å². The maximum absolute atomic E-state index is 11.6. The maximum Gasteiger partial charge on any atom is 0.331 e. The summed E-state index contributed by atoms with van der Waals surface area (Å²) >= 11 is 0. The zero-order valence-electron chi connectivity index (χ0n) is 14.4. The minimum atomic E-state index is -0.742. The predicted molar refractivity (Wildman–Crippen MR) is 91.5 cm³/mol. The highest BCUT2D eigenvalue weighted by Gasteiger charge is 2.40. The van der Waals surface area contributed by atoms with Gasteiger partial charge in [0.1, 0.15) is 5.71 Å². The molecule has 1 aliphatic rings. The summed E-state index contributed by atoms with van der Waals surface area (Å²) in [6.07, 6.45) is 5.84. The molecular formula is C19H25NO4. The molecule has 0 N–H and O–H groups in total. The minimum Gasteiger partial charge on any atom is -0.453 e. The molecule has 0 aliphatic heterocycles. The third-order valence-corrected chi connectivity index (χ3v) is 4.30. The van der Waals surface area contributed by atoms with Gasteiger partial charge in [-0.1, -0.05) is 41.9 Å². The van der Waals surface area contributed by atoms with Gasteiger partial charge in [-0.15, -0.1) is 0 Å². The van der Waals surface area contributed by atoms with Crippen molar-refractivity contribution in [1.29, 1.82) is 0 Å². The summed E-state index contributed by atoms with van der Waals surface area (Å²) in [7, 11) is 0. The quantitative estimate of drug-likeness (QED) is 0.344. The van der Waals surface area contributed by atoms with Crippen LogP contribution in [-0.2, 0) is 25.6 Å². The molecule has 0 heterocycles. The predicted octanol–water partition coefficient (Wildman–Crippen LogP) is 3.80. The lowest BCUT2D eigenvalue weighted by atomic mass is 9.79. The van der Waals surface area contributed by atoms with Gasteiger partial charge in [0.05, 0.1) is 0 Å². The number of benzene rings is 1. The summed E-state index contributed by atoms with van der Waals surface area (Å²) in [5.74, 6) is -0.798. The molecule has 130 valence electrons. The van der Waals surface area contributed by atoms with Crippen LogP contribution in [0.25, 0.3) is 0 Å². The molecule has 0 saturated heterocycles. The van der Waals surface area contributed by atoms with Crippen LogP contribution in [0.1, 0.15) is 57.9 Å². The van der Waals surface area contributed by atoms with E-state index < -0.39 is 11.6 Å². The Morgan fingerprint density at radius 2 is 1.71 bits per heavy atom. The Hall–Kier alpha value is -2.17. The normalized spacial score (nSPS) is 17.2. The van der Waals surface area contributed by atoms with Crippen molar-refractivity contribution in [3.63, 3.8) is 0 Å². The highest BCUT2D eigenvalue weighted by atomic mass is 16.7. The topological polar surface area (TPSA) is 65.0 Å². The monoisotopic (exact) mass is 331 g/mol. The first-order valence-corrected chi connectivity index (χ1v) is 8.50. The molecule has 24 heavy (non-hydrogen) atoms. The molecule has 0 radical (unpaired) electrons. The molecule has 5 nitrogen and oxygen atoms in total. The van der Waals surface area contributed by atoms with E-state index in [-0.39, 0.29) is 5.97 Å². The standard InChI is InChI=1S/C19H25NO4/c1-15(21)23-19(13-7-4-8-14-19)18(20-24-16(2)22)12-11-17-9-5-3-6-10-17/h3,5-6,9-10H,4,7-8,11-14H2,1-2H3/b20-18+. The van der Waals surface area contributed by atoms with E-state index in [1.807, 2.05) is 30.3 Å². The van der Waals surface area contributed by atoms with Gasteiger partial charge in [0.2, 0.25) is 0 Å². The van der Waals surface area contributed by atoms with E-state index in [0.717, 1.165) is 38.5 Å². The molecule has 1 fully saturated rings. The third-order valence-electron chi connectivity index (χ3n) is 4.30. The zero-order valence-corrected chi connectivity index (χ0v) is 14.4. The molecule has 0 unspecified atom stereocenters. The lowest BCUT2D eigenvalue weighted by Crippen LogP contribution is -2.45. The van der Waals surface area contributed by atoms with Crippen molar-refractivity contribution in [2.24, 2.45) is 5.16 Å². The van der Waals surface area contributed by atoms with E-state index in [1.54, 1.807) is 0 Å². The number of oxime groups is 1. The Bertz CT molecular complexity index is 589. The van der Waals surface area contributed by atoms with Gasteiger partial charge in [0.15, 0.2) is 5.60 Å². The molecule has 1 aromatic rings. The fraction of sp³-hybridized carbons (Fsp3) is 0.526. The van der Waals surface area contributed by atoms with Gasteiger partial charge in [-0.2, -0.15) is 0 Å². The smallest absolute Gasteiger partial charge is 0.331 e. The first kappa shape index (κ1) is 18.2. The molecule has 1 aromatic carbocycles. The first-order chi connectivity index (χ1) is 11.5. The summed E-state index contributed by atoms with van der Waals surface area (Å²) in [4.78, 5) is 27.8. The number of ether oxygens (including phenoxy) is 1. The second-order valence-corrected chi connectivity index (χ2v) is 6.26. The summed E-state index contributed by atoms with van der Waals surface area (Å²) in [6.45, 7) is 2.73. The van der Waals surface area contributed by atoms with Crippen LogP contribution >= 0.6 is 0 Å². The highest BCUT2D eigenvalue weighted by molar-refractivity contribution is 5.94. The minimum absolute atomic E-state index is 0.327. The molecular weight excluding hydrogens is 306 g/mol. The number of hydrogen-bond acceptors (Lipinski definition) is 5. The molecule has 0 amide bonds. The zero-order chi connectivity index (χ0) is 17.4. The number of hydrogen-bond donors (Lipinski definition) is 0. The molecule has 0 spiro atoms. The molecule has 0 bridgehead atoms. The van der Waals surface area contributed by atoms with Crippen LogP contribution in [0.2, 0.25) is 0 Å². The van der Waals surface area contributed by atoms with Crippen LogP contribution in [0.4, 0.5) is 0 Å². The molecule has 1 saturated carbocycles. The molecule has 0 aromatic heterocycles. The fourth-order valence-electron chi connectivity index (χ4n) is 3.23. The van der Waals surface area contributed by atoms with Gasteiger partial charge in [-0.3, -0.25) is 4.79 Å². The van der Waals surface area contributed by atoms with Crippen LogP contribution in [0, 0.1) is 0 Å². The van der Waals surface area contributed by atoms with E-state index in [9.17, 15) is 9.59 Å². The number of rotatable bonds is 6. The third kappa shape index (κ3) is 5.18. The number of nitrogens with zero attached hydrogens (tertiary/aromatic N) is 1. The molecule has 1 aliphatic carbocycles. The second-order valence-electron chi connectivity index (χ2n) is 6.26. The summed E-state index contributed by atoms with van der Waals surface area (Å²) in [5, 5.41) is 4.08. The Labute approximate surface area is 143 Å². The van der Waals surface area contributed by atoms with Crippen molar-refractivity contribution in [3.8, 4) is 0 Å². The lowest BCUT2D eigenvalue weighted by Gasteiger charge is -2.37. The Morgan fingerprint density at radius 3 is 2.29 bits per heavy atom. The second kappa shape index (κ2) is 8.62. The first-order valence-electron chi connectivity index (χ1n) is 8.50. The van der Waals surface area contributed by atoms with E-state index >= 15 is 0 Å². The number of carbonyl (C=O) groups excluding carboxylic acids is 2. The molecule has 0 atom stereocenters. The number of esters is 1. The summed E-state index contributed by atoms with van der Waals surface area (Å²) in [6, 6.07) is 10.0. The van der Waals surface area contributed by atoms with Crippen LogP contribution in [0.15, 0.2) is 35.5 Å². The number of carbonyl (C=O) groups is 2. The molecule has 5 heteroatoms. The Morgan fingerprint density at radius 1 is 1.04 bits per heavy atom. The van der Waals surface area contributed by atoms with Gasteiger partial charge < -0.3 is 9.57 Å². The van der Waals surface area contributed by atoms with Crippen molar-refractivity contribution in [1.82, 2.24) is 0 Å². The van der Waals surface area contributed by atoms with Gasteiger partial charge in [-0.05, 0) is 44.1 Å². The average molecular weight is 331 g/mol. The highest BCUT2D eigenvalue weighted by Crippen LogP contribution is 2.35. The Balaban J connectivity index is 2.22. The van der Waals surface area contributed by atoms with Crippen molar-refractivity contribution in [2.45, 2.75) is 64.4 Å². The average Bonchev–Trinajstić information content (AvgIpc) is 2.55. The SMILES string of the molecule is CC(=O)O/N=C(\CCc1ccccc1)C1(OC(C)=O)CCCCC1. The van der Waals surface area contributed by atoms with Crippen LogP contribution in [0.5, 0.6) is 0 Å². The van der Waals surface area contributed by atoms with Crippen molar-refractivity contribution in [3.05, 3.63) is 35.9 Å². The van der Waals surface area contributed by atoms with E-state index in [0.29, 0.717) is 12.1 Å². The van der Waals surface area contributed by atoms with E-state index in [1.165, 1.54) is 19.4 Å². The van der Waals surface area contributed by atoms with Crippen LogP contribution < -0.4 is 0 Å². The summed E-state index contributed by atoms with van der Waals surface area (Å²) < 4.78 is 5.70. The number of aryl methyl sites for hydroxylation is 1. The van der Waals surface area contributed by atoms with E-state index in [2.05, 4.69) is 5.16 Å². The largest absolute Gasteiger partial charge is 0.453 e. The van der Waals surface area contributed by atoms with Crippen molar-refractivity contribution < 1.29 is 19.2 Å². The van der Waals surface area contributed by atoms with Gasteiger partial charge >= 0.3 is 11.9 Å². The van der Waals surface area contributed by atoms with Crippen molar-refractivity contribution >= 4 is 17.7 Å². The Kier molecular flexibility index (Phi) is 6.53. The van der Waals surface area contributed by atoms with Gasteiger partial charge in [0.25, 0.3) is 0 Å². The maximum atomic E-state index is 11.6. The lowest BCUT2D eigenvalue weighted by molar-refractivity contribution is -0.153. The fourth-order valence-corrected chi connectivity index (χ4v) is 3.23. The van der Waals surface area contributed by atoms with E-state index in [4.69, 9.17) is 9.57 Å².